The number of hydrogen-bond acceptors (Lipinski definition) is 4. The Morgan fingerprint density at radius 2 is 2.15 bits per heavy atom. The van der Waals surface area contributed by atoms with E-state index in [4.69, 9.17) is 10.5 Å². The normalized spacial score (nSPS) is 33.1. The quantitative estimate of drug-likeness (QED) is 0.622. The molecule has 8 heteroatoms. The third kappa shape index (κ3) is 2.43. The van der Waals surface area contributed by atoms with Gasteiger partial charge in [0.15, 0.2) is 0 Å². The van der Waals surface area contributed by atoms with E-state index in [0.29, 0.717) is 19.4 Å². The first kappa shape index (κ1) is 14.6. The first-order valence-corrected chi connectivity index (χ1v) is 6.54. The fourth-order valence-electron chi connectivity index (χ4n) is 2.62. The van der Waals surface area contributed by atoms with Gasteiger partial charge in [-0.2, -0.15) is 0 Å². The van der Waals surface area contributed by atoms with Crippen molar-refractivity contribution in [1.82, 2.24) is 10.2 Å². The number of aliphatic carboxylic acids is 1. The summed E-state index contributed by atoms with van der Waals surface area (Å²) in [5.74, 6) is -1.56. The number of amides is 3. The molecule has 3 amide bonds. The molecule has 2 aliphatic heterocycles. The maximum absolute atomic E-state index is 12.2. The van der Waals surface area contributed by atoms with Crippen LogP contribution >= 0.6 is 0 Å². The van der Waals surface area contributed by atoms with Crippen LogP contribution in [0.2, 0.25) is 0 Å². The highest BCUT2D eigenvalue weighted by Crippen LogP contribution is 2.29. The topological polar surface area (TPSA) is 122 Å². The first-order valence-electron chi connectivity index (χ1n) is 6.54. The molecule has 0 bridgehead atoms. The maximum Gasteiger partial charge on any atom is 0.318 e. The Bertz CT molecular complexity index is 441. The van der Waals surface area contributed by atoms with Crippen LogP contribution in [-0.4, -0.2) is 59.8 Å². The molecular formula is C12H19N3O5. The molecule has 112 valence electrons. The van der Waals surface area contributed by atoms with Crippen LogP contribution < -0.4 is 11.1 Å². The SMILES string of the molecule is CC1(C(=O)O)COCC1NC(=O)N1CCCC1C(N)=O. The molecule has 4 N–H and O–H groups in total. The van der Waals surface area contributed by atoms with Gasteiger partial charge in [-0.25, -0.2) is 4.79 Å². The Morgan fingerprint density at radius 1 is 1.45 bits per heavy atom. The summed E-state index contributed by atoms with van der Waals surface area (Å²) in [5, 5.41) is 11.9. The third-order valence-electron chi connectivity index (χ3n) is 4.08. The van der Waals surface area contributed by atoms with E-state index >= 15 is 0 Å². The molecule has 3 unspecified atom stereocenters. The number of carbonyl (C=O) groups excluding carboxylic acids is 2. The molecule has 0 aromatic carbocycles. The van der Waals surface area contributed by atoms with Crippen molar-refractivity contribution >= 4 is 17.9 Å². The minimum atomic E-state index is -1.16. The van der Waals surface area contributed by atoms with Crippen molar-refractivity contribution in [2.45, 2.75) is 31.8 Å². The summed E-state index contributed by atoms with van der Waals surface area (Å²) in [5.41, 5.74) is 4.10. The van der Waals surface area contributed by atoms with E-state index in [2.05, 4.69) is 5.32 Å². The van der Waals surface area contributed by atoms with Crippen LogP contribution in [0.25, 0.3) is 0 Å². The molecule has 20 heavy (non-hydrogen) atoms. The molecule has 0 spiro atoms. The largest absolute Gasteiger partial charge is 0.481 e. The second-order valence-corrected chi connectivity index (χ2v) is 5.49. The lowest BCUT2D eigenvalue weighted by molar-refractivity contribution is -0.148. The molecule has 0 saturated carbocycles. The number of nitrogens with zero attached hydrogens (tertiary/aromatic N) is 1. The van der Waals surface area contributed by atoms with Gasteiger partial charge in [-0.15, -0.1) is 0 Å². The van der Waals surface area contributed by atoms with E-state index in [9.17, 15) is 19.5 Å². The highest BCUT2D eigenvalue weighted by Gasteiger charge is 2.48. The van der Waals surface area contributed by atoms with Crippen molar-refractivity contribution in [3.63, 3.8) is 0 Å². The Morgan fingerprint density at radius 3 is 2.75 bits per heavy atom. The fourth-order valence-corrected chi connectivity index (χ4v) is 2.62. The van der Waals surface area contributed by atoms with E-state index < -0.39 is 35.4 Å². The van der Waals surface area contributed by atoms with Crippen molar-refractivity contribution in [3.05, 3.63) is 0 Å². The number of primary amides is 1. The zero-order chi connectivity index (χ0) is 14.9. The minimum absolute atomic E-state index is 0.0481. The molecular weight excluding hydrogens is 266 g/mol. The molecule has 0 aliphatic carbocycles. The molecule has 2 heterocycles. The second-order valence-electron chi connectivity index (χ2n) is 5.49. The highest BCUT2D eigenvalue weighted by atomic mass is 16.5. The average Bonchev–Trinajstić information content (AvgIpc) is 2.97. The number of carbonyl (C=O) groups is 3. The van der Waals surface area contributed by atoms with Crippen molar-refractivity contribution in [2.75, 3.05) is 19.8 Å². The van der Waals surface area contributed by atoms with Crippen molar-refractivity contribution in [2.24, 2.45) is 11.1 Å². The number of rotatable bonds is 3. The Kier molecular flexibility index (Phi) is 3.85. The zero-order valence-corrected chi connectivity index (χ0v) is 11.3. The molecule has 3 atom stereocenters. The van der Waals surface area contributed by atoms with Crippen LogP contribution in [0.4, 0.5) is 4.79 Å². The highest BCUT2D eigenvalue weighted by molar-refractivity contribution is 5.87. The fraction of sp³-hybridized carbons (Fsp3) is 0.750. The molecule has 2 rings (SSSR count). The monoisotopic (exact) mass is 285 g/mol. The summed E-state index contributed by atoms with van der Waals surface area (Å²) in [4.78, 5) is 36.1. The van der Waals surface area contributed by atoms with Crippen LogP contribution in [0.3, 0.4) is 0 Å². The van der Waals surface area contributed by atoms with Crippen LogP contribution in [0.5, 0.6) is 0 Å². The van der Waals surface area contributed by atoms with Gasteiger partial charge in [0.2, 0.25) is 5.91 Å². The molecule has 0 aromatic rings. The predicted octanol–water partition coefficient (Wildman–Crippen LogP) is -0.865. The van der Waals surface area contributed by atoms with E-state index in [-0.39, 0.29) is 13.2 Å². The van der Waals surface area contributed by atoms with E-state index in [1.165, 1.54) is 11.8 Å². The summed E-state index contributed by atoms with van der Waals surface area (Å²) in [6, 6.07) is -1.70. The van der Waals surface area contributed by atoms with Crippen LogP contribution in [-0.2, 0) is 14.3 Å². The summed E-state index contributed by atoms with van der Waals surface area (Å²) in [7, 11) is 0. The number of ether oxygens (including phenoxy) is 1. The predicted molar refractivity (Wildman–Crippen MR) is 67.8 cm³/mol. The number of carboxylic acids is 1. The second kappa shape index (κ2) is 5.28. The van der Waals surface area contributed by atoms with Gasteiger partial charge >= 0.3 is 12.0 Å². The van der Waals surface area contributed by atoms with E-state index in [1.54, 1.807) is 0 Å². The number of nitrogens with two attached hydrogens (primary N) is 1. The number of likely N-dealkylation sites (tertiary alicyclic amines) is 1. The van der Waals surface area contributed by atoms with Crippen molar-refractivity contribution < 1.29 is 24.2 Å². The Hall–Kier alpha value is -1.83. The Balaban J connectivity index is 2.04. The maximum atomic E-state index is 12.2. The van der Waals surface area contributed by atoms with E-state index in [1.807, 2.05) is 0 Å². The van der Waals surface area contributed by atoms with Crippen LogP contribution in [0.15, 0.2) is 0 Å². The number of urea groups is 1. The molecule has 0 aromatic heterocycles. The van der Waals surface area contributed by atoms with Crippen LogP contribution in [0, 0.1) is 5.41 Å². The van der Waals surface area contributed by atoms with E-state index in [0.717, 1.165) is 0 Å². The summed E-state index contributed by atoms with van der Waals surface area (Å²) >= 11 is 0. The lowest BCUT2D eigenvalue weighted by atomic mass is 9.85. The number of hydrogen-bond donors (Lipinski definition) is 3. The van der Waals surface area contributed by atoms with Gasteiger partial charge in [0.05, 0.1) is 19.3 Å². The van der Waals surface area contributed by atoms with Gasteiger partial charge in [0, 0.05) is 6.54 Å². The summed E-state index contributed by atoms with van der Waals surface area (Å²) < 4.78 is 5.17. The van der Waals surface area contributed by atoms with Gasteiger partial charge < -0.3 is 25.8 Å². The standard InChI is InChI=1S/C12H19N3O5/c1-12(10(17)18)6-20-5-8(12)14-11(19)15-4-2-3-7(15)9(13)16/h7-8H,2-6H2,1H3,(H2,13,16)(H,14,19)(H,17,18). The Labute approximate surface area is 116 Å². The number of carboxylic acid groups (broad SMARTS) is 1. The summed E-state index contributed by atoms with van der Waals surface area (Å²) in [6.07, 6.45) is 1.25. The number of nitrogens with one attached hydrogen (secondary N) is 1. The molecule has 0 radical (unpaired) electrons. The molecule has 2 aliphatic rings. The minimum Gasteiger partial charge on any atom is -0.481 e. The van der Waals surface area contributed by atoms with Crippen molar-refractivity contribution in [1.29, 1.82) is 0 Å². The molecule has 2 fully saturated rings. The molecule has 8 nitrogen and oxygen atoms in total. The van der Waals surface area contributed by atoms with Gasteiger partial charge in [-0.3, -0.25) is 9.59 Å². The summed E-state index contributed by atoms with van der Waals surface area (Å²) in [6.45, 7) is 2.16. The average molecular weight is 285 g/mol. The smallest absolute Gasteiger partial charge is 0.318 e. The van der Waals surface area contributed by atoms with Gasteiger partial charge in [-0.1, -0.05) is 0 Å². The van der Waals surface area contributed by atoms with Gasteiger partial charge in [0.1, 0.15) is 11.5 Å². The van der Waals surface area contributed by atoms with Gasteiger partial charge in [0.25, 0.3) is 0 Å². The lowest BCUT2D eigenvalue weighted by Crippen LogP contribution is -2.55. The van der Waals surface area contributed by atoms with Gasteiger partial charge in [-0.05, 0) is 19.8 Å². The van der Waals surface area contributed by atoms with Crippen molar-refractivity contribution in [3.8, 4) is 0 Å². The van der Waals surface area contributed by atoms with Crippen LogP contribution in [0.1, 0.15) is 19.8 Å². The third-order valence-corrected chi connectivity index (χ3v) is 4.08. The zero-order valence-electron chi connectivity index (χ0n) is 11.3. The molecule has 2 saturated heterocycles. The first-order chi connectivity index (χ1) is 9.36. The lowest BCUT2D eigenvalue weighted by Gasteiger charge is -2.29.